The fourth-order valence-corrected chi connectivity index (χ4v) is 2.96. The van der Waals surface area contributed by atoms with E-state index in [0.29, 0.717) is 18.2 Å². The van der Waals surface area contributed by atoms with Gasteiger partial charge >= 0.3 is 0 Å². The largest absolute Gasteiger partial charge is 0.342 e. The standard InChI is InChI=1S/C13H19NOS/c1-11-3-2-7-14(9-11)13(15)5-4-12-6-8-16-10-12/h6,8,10-11H,2-5,7,9H2,1H3. The molecule has 16 heavy (non-hydrogen) atoms. The molecule has 0 bridgehead atoms. The van der Waals surface area contributed by atoms with Gasteiger partial charge in [-0.2, -0.15) is 11.3 Å². The number of hydrogen-bond donors (Lipinski definition) is 0. The second-order valence-corrected chi connectivity index (χ2v) is 5.50. The van der Waals surface area contributed by atoms with Crippen molar-refractivity contribution in [1.82, 2.24) is 4.90 Å². The van der Waals surface area contributed by atoms with Crippen LogP contribution in [0.4, 0.5) is 0 Å². The number of piperidine rings is 1. The summed E-state index contributed by atoms with van der Waals surface area (Å²) >= 11 is 1.70. The van der Waals surface area contributed by atoms with E-state index in [1.807, 2.05) is 4.90 Å². The number of rotatable bonds is 3. The topological polar surface area (TPSA) is 20.3 Å². The van der Waals surface area contributed by atoms with Crippen LogP contribution in [0.15, 0.2) is 16.8 Å². The van der Waals surface area contributed by atoms with Gasteiger partial charge in [-0.1, -0.05) is 6.92 Å². The van der Waals surface area contributed by atoms with Gasteiger partial charge in [-0.25, -0.2) is 0 Å². The molecule has 0 N–H and O–H groups in total. The lowest BCUT2D eigenvalue weighted by atomic mass is 10.00. The summed E-state index contributed by atoms with van der Waals surface area (Å²) in [5.74, 6) is 1.01. The van der Waals surface area contributed by atoms with Gasteiger partial charge in [0.15, 0.2) is 0 Å². The molecule has 0 saturated carbocycles. The maximum Gasteiger partial charge on any atom is 0.222 e. The molecule has 0 spiro atoms. The average molecular weight is 237 g/mol. The number of thiophene rings is 1. The zero-order valence-corrected chi connectivity index (χ0v) is 10.6. The third-order valence-corrected chi connectivity index (χ3v) is 3.95. The number of carbonyl (C=O) groups is 1. The van der Waals surface area contributed by atoms with E-state index in [-0.39, 0.29) is 0 Å². The summed E-state index contributed by atoms with van der Waals surface area (Å²) in [7, 11) is 0. The van der Waals surface area contributed by atoms with Crippen LogP contribution in [0.1, 0.15) is 31.7 Å². The summed E-state index contributed by atoms with van der Waals surface area (Å²) in [6.07, 6.45) is 4.01. The first-order valence-electron chi connectivity index (χ1n) is 6.04. The minimum atomic E-state index is 0.331. The predicted molar refractivity (Wildman–Crippen MR) is 67.6 cm³/mol. The molecule has 0 aliphatic carbocycles. The summed E-state index contributed by atoms with van der Waals surface area (Å²) in [5.41, 5.74) is 1.29. The molecule has 2 nitrogen and oxygen atoms in total. The van der Waals surface area contributed by atoms with Crippen LogP contribution >= 0.6 is 11.3 Å². The Labute approximate surface area is 101 Å². The van der Waals surface area contributed by atoms with E-state index in [2.05, 4.69) is 23.8 Å². The predicted octanol–water partition coefficient (Wildman–Crippen LogP) is 2.94. The highest BCUT2D eigenvalue weighted by Gasteiger charge is 2.20. The first kappa shape index (κ1) is 11.6. The lowest BCUT2D eigenvalue weighted by Gasteiger charge is -2.31. The number of likely N-dealkylation sites (tertiary alicyclic amines) is 1. The van der Waals surface area contributed by atoms with E-state index in [1.165, 1.54) is 18.4 Å². The van der Waals surface area contributed by atoms with Gasteiger partial charge in [-0.05, 0) is 47.6 Å². The Bertz CT molecular complexity index is 334. The van der Waals surface area contributed by atoms with E-state index in [9.17, 15) is 4.79 Å². The Morgan fingerprint density at radius 2 is 2.50 bits per heavy atom. The summed E-state index contributed by atoms with van der Waals surface area (Å²) < 4.78 is 0. The monoisotopic (exact) mass is 237 g/mol. The Hall–Kier alpha value is -0.830. The third kappa shape index (κ3) is 3.08. The van der Waals surface area contributed by atoms with Crippen LogP contribution in [0.25, 0.3) is 0 Å². The fraction of sp³-hybridized carbons (Fsp3) is 0.615. The van der Waals surface area contributed by atoms with Gasteiger partial charge in [0.25, 0.3) is 0 Å². The summed E-state index contributed by atoms with van der Waals surface area (Å²) in [5, 5.41) is 4.20. The quantitative estimate of drug-likeness (QED) is 0.791. The number of aryl methyl sites for hydroxylation is 1. The normalized spacial score (nSPS) is 21.1. The van der Waals surface area contributed by atoms with Crippen LogP contribution in [0.3, 0.4) is 0 Å². The molecule has 0 radical (unpaired) electrons. The van der Waals surface area contributed by atoms with Gasteiger partial charge in [0.1, 0.15) is 0 Å². The van der Waals surface area contributed by atoms with Crippen molar-refractivity contribution in [3.8, 4) is 0 Å². The second kappa shape index (κ2) is 5.48. The Morgan fingerprint density at radius 1 is 1.62 bits per heavy atom. The van der Waals surface area contributed by atoms with Gasteiger partial charge in [-0.15, -0.1) is 0 Å². The Kier molecular flexibility index (Phi) is 3.99. The average Bonchev–Trinajstić information content (AvgIpc) is 2.78. The van der Waals surface area contributed by atoms with E-state index in [4.69, 9.17) is 0 Å². The van der Waals surface area contributed by atoms with Gasteiger partial charge in [0, 0.05) is 19.5 Å². The van der Waals surface area contributed by atoms with Crippen LogP contribution in [0, 0.1) is 5.92 Å². The molecule has 1 unspecified atom stereocenters. The molecule has 1 aliphatic heterocycles. The molecule has 88 valence electrons. The van der Waals surface area contributed by atoms with Crippen molar-refractivity contribution in [3.63, 3.8) is 0 Å². The van der Waals surface area contributed by atoms with Gasteiger partial charge < -0.3 is 4.90 Å². The fourth-order valence-electron chi connectivity index (χ4n) is 2.26. The molecule has 0 aromatic carbocycles. The molecular formula is C13H19NOS. The maximum atomic E-state index is 12.0. The minimum Gasteiger partial charge on any atom is -0.342 e. The van der Waals surface area contributed by atoms with Crippen LogP contribution in [0.5, 0.6) is 0 Å². The molecule has 1 fully saturated rings. The number of nitrogens with zero attached hydrogens (tertiary/aromatic N) is 1. The summed E-state index contributed by atoms with van der Waals surface area (Å²) in [6, 6.07) is 2.11. The third-order valence-electron chi connectivity index (χ3n) is 3.22. The van der Waals surface area contributed by atoms with Crippen LogP contribution in [-0.4, -0.2) is 23.9 Å². The summed E-state index contributed by atoms with van der Waals surface area (Å²) in [6.45, 7) is 4.16. The van der Waals surface area contributed by atoms with Crippen LogP contribution < -0.4 is 0 Å². The Morgan fingerprint density at radius 3 is 3.19 bits per heavy atom. The molecular weight excluding hydrogens is 218 g/mol. The first-order valence-corrected chi connectivity index (χ1v) is 6.99. The van der Waals surface area contributed by atoms with Crippen molar-refractivity contribution >= 4 is 17.2 Å². The number of carbonyl (C=O) groups excluding carboxylic acids is 1. The van der Waals surface area contributed by atoms with Gasteiger partial charge in [0.2, 0.25) is 5.91 Å². The Balaban J connectivity index is 1.79. The maximum absolute atomic E-state index is 12.0. The molecule has 1 saturated heterocycles. The van der Waals surface area contributed by atoms with E-state index in [0.717, 1.165) is 19.5 Å². The SMILES string of the molecule is CC1CCCN(C(=O)CCc2ccsc2)C1. The van der Waals surface area contributed by atoms with Gasteiger partial charge in [0.05, 0.1) is 0 Å². The van der Waals surface area contributed by atoms with Crippen molar-refractivity contribution in [3.05, 3.63) is 22.4 Å². The highest BCUT2D eigenvalue weighted by atomic mass is 32.1. The van der Waals surface area contributed by atoms with Crippen LogP contribution in [0.2, 0.25) is 0 Å². The van der Waals surface area contributed by atoms with E-state index >= 15 is 0 Å². The number of hydrogen-bond acceptors (Lipinski definition) is 2. The molecule has 1 aromatic heterocycles. The number of amides is 1. The second-order valence-electron chi connectivity index (χ2n) is 4.72. The zero-order chi connectivity index (χ0) is 11.4. The molecule has 1 aromatic rings. The first-order chi connectivity index (χ1) is 7.75. The molecule has 2 heterocycles. The summed E-state index contributed by atoms with van der Waals surface area (Å²) in [4.78, 5) is 14.0. The highest BCUT2D eigenvalue weighted by molar-refractivity contribution is 7.07. The zero-order valence-electron chi connectivity index (χ0n) is 9.82. The van der Waals surface area contributed by atoms with Crippen molar-refractivity contribution in [2.45, 2.75) is 32.6 Å². The van der Waals surface area contributed by atoms with Crippen LogP contribution in [-0.2, 0) is 11.2 Å². The molecule has 2 rings (SSSR count). The molecule has 3 heteroatoms. The van der Waals surface area contributed by atoms with Gasteiger partial charge in [-0.3, -0.25) is 4.79 Å². The van der Waals surface area contributed by atoms with Crippen molar-refractivity contribution in [1.29, 1.82) is 0 Å². The highest BCUT2D eigenvalue weighted by Crippen LogP contribution is 2.17. The smallest absolute Gasteiger partial charge is 0.222 e. The lowest BCUT2D eigenvalue weighted by Crippen LogP contribution is -2.39. The molecule has 1 atom stereocenters. The molecule has 1 amide bonds. The van der Waals surface area contributed by atoms with E-state index < -0.39 is 0 Å². The van der Waals surface area contributed by atoms with E-state index in [1.54, 1.807) is 11.3 Å². The van der Waals surface area contributed by atoms with Crippen molar-refractivity contribution in [2.75, 3.05) is 13.1 Å². The molecule has 1 aliphatic rings. The minimum absolute atomic E-state index is 0.331. The van der Waals surface area contributed by atoms with Crippen molar-refractivity contribution < 1.29 is 4.79 Å². The van der Waals surface area contributed by atoms with Crippen molar-refractivity contribution in [2.24, 2.45) is 5.92 Å². The lowest BCUT2D eigenvalue weighted by molar-refractivity contribution is -0.132.